The molecule has 2 bridgehead atoms. The summed E-state index contributed by atoms with van der Waals surface area (Å²) >= 11 is 3.73. The Labute approximate surface area is 164 Å². The van der Waals surface area contributed by atoms with Crippen LogP contribution in [0, 0.1) is 0 Å². The first-order valence-electron chi connectivity index (χ1n) is 9.55. The second kappa shape index (κ2) is 8.50. The van der Waals surface area contributed by atoms with E-state index in [1.54, 1.807) is 0 Å². The van der Waals surface area contributed by atoms with Gasteiger partial charge in [-0.1, -0.05) is 0 Å². The van der Waals surface area contributed by atoms with Gasteiger partial charge in [0.1, 0.15) is 6.04 Å². The number of amides is 3. The summed E-state index contributed by atoms with van der Waals surface area (Å²) < 4.78 is 10.2. The third kappa shape index (κ3) is 4.03. The number of piperidine rings is 1. The molecule has 0 aromatic rings. The van der Waals surface area contributed by atoms with Gasteiger partial charge < -0.3 is 15.0 Å². The molecule has 0 saturated carbocycles. The maximum absolute atomic E-state index is 12.5. The highest BCUT2D eigenvalue weighted by Gasteiger charge is 2.48. The van der Waals surface area contributed by atoms with E-state index in [0.717, 1.165) is 39.3 Å². The monoisotopic (exact) mass is 401 g/mol. The molecule has 152 valence electrons. The van der Waals surface area contributed by atoms with Crippen molar-refractivity contribution in [2.45, 2.75) is 43.4 Å². The number of hydroxylamine groups is 3. The topological polar surface area (TPSA) is 95.6 Å². The Kier molecular flexibility index (Phi) is 6.05. The van der Waals surface area contributed by atoms with Crippen LogP contribution >= 0.6 is 12.9 Å². The van der Waals surface area contributed by atoms with Gasteiger partial charge in [0.15, 0.2) is 0 Å². The Balaban J connectivity index is 1.20. The SMILES string of the molecule is O=C(NOC[C@@H]1C[C@@H](N2CCOCC2)CN1)C1CCC2CN1C(=O)N2OS. The maximum Gasteiger partial charge on any atom is 0.345 e. The average Bonchev–Trinajstić information content (AvgIpc) is 3.26. The van der Waals surface area contributed by atoms with E-state index < -0.39 is 6.04 Å². The molecule has 0 spiro atoms. The molecule has 0 radical (unpaired) electrons. The maximum atomic E-state index is 12.5. The summed E-state index contributed by atoms with van der Waals surface area (Å²) in [5.74, 6) is -0.287. The highest BCUT2D eigenvalue weighted by atomic mass is 32.1. The number of nitrogens with zero attached hydrogens (tertiary/aromatic N) is 3. The number of carbonyl (C=O) groups excluding carboxylic acids is 2. The first-order valence-corrected chi connectivity index (χ1v) is 9.92. The van der Waals surface area contributed by atoms with Gasteiger partial charge in [-0.05, 0) is 19.3 Å². The van der Waals surface area contributed by atoms with E-state index in [0.29, 0.717) is 32.0 Å². The van der Waals surface area contributed by atoms with Crippen LogP contribution < -0.4 is 10.8 Å². The van der Waals surface area contributed by atoms with Crippen LogP contribution in [-0.2, 0) is 18.7 Å². The summed E-state index contributed by atoms with van der Waals surface area (Å²) in [5.41, 5.74) is 2.53. The lowest BCUT2D eigenvalue weighted by atomic mass is 10.0. The number of morpholine rings is 1. The van der Waals surface area contributed by atoms with Crippen LogP contribution in [0.3, 0.4) is 0 Å². The first kappa shape index (κ1) is 19.2. The van der Waals surface area contributed by atoms with Crippen molar-refractivity contribution in [3.8, 4) is 0 Å². The van der Waals surface area contributed by atoms with Gasteiger partial charge in [0, 0.05) is 51.2 Å². The Morgan fingerprint density at radius 3 is 2.89 bits per heavy atom. The van der Waals surface area contributed by atoms with Gasteiger partial charge >= 0.3 is 6.03 Å². The Morgan fingerprint density at radius 1 is 1.30 bits per heavy atom. The van der Waals surface area contributed by atoms with Gasteiger partial charge in [-0.3, -0.25) is 14.5 Å². The lowest BCUT2D eigenvalue weighted by Gasteiger charge is -2.31. The summed E-state index contributed by atoms with van der Waals surface area (Å²) in [7, 11) is 0. The molecule has 4 saturated heterocycles. The van der Waals surface area contributed by atoms with E-state index in [-0.39, 0.29) is 24.0 Å². The zero-order chi connectivity index (χ0) is 18.8. The second-order valence-corrected chi connectivity index (χ2v) is 7.67. The number of hydrogen-bond acceptors (Lipinski definition) is 8. The smallest absolute Gasteiger partial charge is 0.345 e. The summed E-state index contributed by atoms with van der Waals surface area (Å²) in [5, 5.41) is 4.68. The molecule has 2 unspecified atom stereocenters. The largest absolute Gasteiger partial charge is 0.379 e. The fraction of sp³-hybridized carbons (Fsp3) is 0.875. The van der Waals surface area contributed by atoms with E-state index in [1.165, 1.54) is 9.96 Å². The highest BCUT2D eigenvalue weighted by Crippen LogP contribution is 2.30. The number of carbonyl (C=O) groups is 2. The van der Waals surface area contributed by atoms with E-state index >= 15 is 0 Å². The van der Waals surface area contributed by atoms with Crippen LogP contribution in [-0.4, -0.2) is 97.0 Å². The number of urea groups is 1. The van der Waals surface area contributed by atoms with Crippen molar-refractivity contribution in [2.24, 2.45) is 0 Å². The molecule has 4 fully saturated rings. The van der Waals surface area contributed by atoms with Crippen LogP contribution in [0.15, 0.2) is 0 Å². The fourth-order valence-corrected chi connectivity index (χ4v) is 4.64. The summed E-state index contributed by atoms with van der Waals surface area (Å²) in [6, 6.07) is -0.198. The van der Waals surface area contributed by atoms with Crippen molar-refractivity contribution in [3.05, 3.63) is 0 Å². The number of rotatable bonds is 6. The van der Waals surface area contributed by atoms with Crippen molar-refractivity contribution >= 4 is 24.8 Å². The highest BCUT2D eigenvalue weighted by molar-refractivity contribution is 7.75. The zero-order valence-corrected chi connectivity index (χ0v) is 16.1. The Hall–Kier alpha value is -1.11. The van der Waals surface area contributed by atoms with Crippen LogP contribution in [0.25, 0.3) is 0 Å². The quantitative estimate of drug-likeness (QED) is 0.303. The van der Waals surface area contributed by atoms with E-state index in [4.69, 9.17) is 13.9 Å². The van der Waals surface area contributed by atoms with Crippen LogP contribution in [0.1, 0.15) is 19.3 Å². The van der Waals surface area contributed by atoms with Gasteiger partial charge in [-0.15, -0.1) is 0 Å². The minimum absolute atomic E-state index is 0.0419. The van der Waals surface area contributed by atoms with Gasteiger partial charge in [-0.25, -0.2) is 14.6 Å². The van der Waals surface area contributed by atoms with E-state index in [1.807, 2.05) is 0 Å². The molecule has 11 heteroatoms. The molecule has 4 aliphatic rings. The molecular weight excluding hydrogens is 374 g/mol. The molecule has 2 N–H and O–H groups in total. The third-order valence-corrected chi connectivity index (χ3v) is 6.11. The molecule has 10 nitrogen and oxygen atoms in total. The molecule has 27 heavy (non-hydrogen) atoms. The van der Waals surface area contributed by atoms with Crippen molar-refractivity contribution in [2.75, 3.05) is 46.0 Å². The lowest BCUT2D eigenvalue weighted by molar-refractivity contribution is -0.139. The Morgan fingerprint density at radius 2 is 2.11 bits per heavy atom. The fourth-order valence-electron chi connectivity index (χ4n) is 4.44. The standard InChI is InChI=1S/C16H27N5O5S/c22-15(14-2-1-12-9-20(14)16(23)21(12)26-27)18-25-10-11-7-13(8-17-11)19-3-5-24-6-4-19/h11-14,17,27H,1-10H2,(H,18,22)/t11-,12?,13+,14?/m0/s1. The third-order valence-electron chi connectivity index (χ3n) is 5.93. The molecule has 0 aromatic carbocycles. The van der Waals surface area contributed by atoms with Gasteiger partial charge in [0.25, 0.3) is 5.91 Å². The molecule has 0 aromatic heterocycles. The molecular formula is C16H27N5O5S. The lowest BCUT2D eigenvalue weighted by Crippen LogP contribution is -2.50. The Bertz CT molecular complexity index is 563. The van der Waals surface area contributed by atoms with Crippen molar-refractivity contribution in [1.29, 1.82) is 0 Å². The molecule has 4 aliphatic heterocycles. The van der Waals surface area contributed by atoms with Crippen molar-refractivity contribution in [1.82, 2.24) is 25.7 Å². The summed E-state index contributed by atoms with van der Waals surface area (Å²) in [4.78, 5) is 34.1. The number of hydrogen-bond donors (Lipinski definition) is 3. The summed E-state index contributed by atoms with van der Waals surface area (Å²) in [6.07, 6.45) is 2.27. The van der Waals surface area contributed by atoms with Crippen molar-refractivity contribution < 1.29 is 23.4 Å². The predicted octanol–water partition coefficient (Wildman–Crippen LogP) is -0.858. The summed E-state index contributed by atoms with van der Waals surface area (Å²) in [6.45, 7) is 5.33. The molecule has 0 aliphatic carbocycles. The number of nitrogens with one attached hydrogen (secondary N) is 2. The van der Waals surface area contributed by atoms with Gasteiger partial charge in [0.05, 0.1) is 25.9 Å². The van der Waals surface area contributed by atoms with Crippen LogP contribution in [0.2, 0.25) is 0 Å². The minimum atomic E-state index is -0.528. The second-order valence-electron chi connectivity index (χ2n) is 7.51. The molecule has 4 heterocycles. The zero-order valence-electron chi connectivity index (χ0n) is 15.2. The van der Waals surface area contributed by atoms with Crippen molar-refractivity contribution in [3.63, 3.8) is 0 Å². The van der Waals surface area contributed by atoms with E-state index in [9.17, 15) is 9.59 Å². The van der Waals surface area contributed by atoms with E-state index in [2.05, 4.69) is 28.6 Å². The molecule has 4 atom stereocenters. The van der Waals surface area contributed by atoms with Crippen LogP contribution in [0.5, 0.6) is 0 Å². The predicted molar refractivity (Wildman–Crippen MR) is 97.5 cm³/mol. The van der Waals surface area contributed by atoms with Gasteiger partial charge in [-0.2, -0.15) is 5.06 Å². The normalized spacial score (nSPS) is 34.3. The molecule has 4 rings (SSSR count). The average molecular weight is 401 g/mol. The van der Waals surface area contributed by atoms with Crippen LogP contribution in [0.4, 0.5) is 4.79 Å². The number of fused-ring (bicyclic) bond motifs is 2. The first-order chi connectivity index (χ1) is 13.2. The number of thiol groups is 1. The number of ether oxygens (including phenoxy) is 1. The minimum Gasteiger partial charge on any atom is -0.379 e. The van der Waals surface area contributed by atoms with Gasteiger partial charge in [0.2, 0.25) is 0 Å². The molecule has 3 amide bonds.